The van der Waals surface area contributed by atoms with Crippen molar-refractivity contribution in [2.45, 2.75) is 6.54 Å². The normalized spacial score (nSPS) is 10.9. The predicted molar refractivity (Wildman–Crippen MR) is 107 cm³/mol. The van der Waals surface area contributed by atoms with E-state index in [1.54, 1.807) is 23.6 Å². The zero-order valence-corrected chi connectivity index (χ0v) is 16.1. The van der Waals surface area contributed by atoms with E-state index in [0.717, 1.165) is 17.1 Å². The summed E-state index contributed by atoms with van der Waals surface area (Å²) in [7, 11) is 1.81. The van der Waals surface area contributed by atoms with Gasteiger partial charge >= 0.3 is 0 Å². The molecule has 3 rings (SSSR count). The molecule has 0 bridgehead atoms. The molecule has 0 atom stereocenters. The Morgan fingerprint density at radius 1 is 1.19 bits per heavy atom. The summed E-state index contributed by atoms with van der Waals surface area (Å²) in [5.41, 5.74) is 6.53. The van der Waals surface area contributed by atoms with Gasteiger partial charge in [0.25, 0.3) is 5.91 Å². The zero-order chi connectivity index (χ0) is 19.4. The molecule has 2 amide bonds. The predicted octanol–water partition coefficient (Wildman–Crippen LogP) is 3.83. The number of amides is 2. The number of thiophene rings is 1. The summed E-state index contributed by atoms with van der Waals surface area (Å²) in [5, 5.41) is 5.56. The van der Waals surface area contributed by atoms with Crippen LogP contribution in [0.5, 0.6) is 0 Å². The van der Waals surface area contributed by atoms with E-state index in [9.17, 15) is 9.59 Å². The second-order valence-corrected chi connectivity index (χ2v) is 7.37. The molecule has 0 radical (unpaired) electrons. The number of carbonyl (C=O) groups is 2. The van der Waals surface area contributed by atoms with Crippen molar-refractivity contribution in [3.63, 3.8) is 0 Å². The van der Waals surface area contributed by atoms with Gasteiger partial charge in [-0.25, -0.2) is 0 Å². The third-order valence-electron chi connectivity index (χ3n) is 3.81. The SMILES string of the molecule is CN(CC(=O)Nc1sccc1C(N)=O)Cc1ccc(-c2ccc(Cl)cc2)o1. The van der Waals surface area contributed by atoms with Crippen LogP contribution in [0.25, 0.3) is 11.3 Å². The molecule has 0 saturated heterocycles. The van der Waals surface area contributed by atoms with E-state index in [0.29, 0.717) is 22.1 Å². The van der Waals surface area contributed by atoms with Crippen LogP contribution < -0.4 is 11.1 Å². The number of furan rings is 1. The molecule has 3 aromatic rings. The van der Waals surface area contributed by atoms with Crippen LogP contribution in [0.4, 0.5) is 5.00 Å². The highest BCUT2D eigenvalue weighted by Gasteiger charge is 2.15. The minimum Gasteiger partial charge on any atom is -0.460 e. The van der Waals surface area contributed by atoms with Gasteiger partial charge in [-0.2, -0.15) is 0 Å². The van der Waals surface area contributed by atoms with Crippen molar-refractivity contribution in [1.82, 2.24) is 4.90 Å². The van der Waals surface area contributed by atoms with Gasteiger partial charge in [-0.05, 0) is 54.9 Å². The zero-order valence-electron chi connectivity index (χ0n) is 14.6. The lowest BCUT2D eigenvalue weighted by molar-refractivity contribution is -0.117. The highest BCUT2D eigenvalue weighted by atomic mass is 35.5. The molecule has 0 spiro atoms. The van der Waals surface area contributed by atoms with Crippen molar-refractivity contribution in [3.05, 3.63) is 64.2 Å². The summed E-state index contributed by atoms with van der Waals surface area (Å²) in [6, 6.07) is 12.7. The van der Waals surface area contributed by atoms with Crippen LogP contribution in [0.1, 0.15) is 16.1 Å². The summed E-state index contributed by atoms with van der Waals surface area (Å²) >= 11 is 7.16. The van der Waals surface area contributed by atoms with Gasteiger partial charge in [-0.1, -0.05) is 11.6 Å². The standard InChI is InChI=1S/C19H18ClN3O3S/c1-23(11-17(24)22-19-15(18(21)25)8-9-27-19)10-14-6-7-16(26-14)12-2-4-13(20)5-3-12/h2-9H,10-11H2,1H3,(H2,21,25)(H,22,24). The second kappa shape index (κ2) is 8.39. The Morgan fingerprint density at radius 2 is 1.93 bits per heavy atom. The number of hydrogen-bond acceptors (Lipinski definition) is 5. The molecule has 0 aliphatic rings. The van der Waals surface area contributed by atoms with Gasteiger partial charge in [0.15, 0.2) is 0 Å². The fraction of sp³-hybridized carbons (Fsp3) is 0.158. The molecule has 0 fully saturated rings. The lowest BCUT2D eigenvalue weighted by atomic mass is 10.2. The first-order valence-electron chi connectivity index (χ1n) is 8.12. The number of primary amides is 1. The van der Waals surface area contributed by atoms with E-state index in [2.05, 4.69) is 5.32 Å². The van der Waals surface area contributed by atoms with Crippen LogP contribution in [0.3, 0.4) is 0 Å². The first kappa shape index (κ1) is 19.2. The maximum atomic E-state index is 12.2. The average Bonchev–Trinajstić information content (AvgIpc) is 3.25. The molecule has 2 heterocycles. The molecular formula is C19H18ClN3O3S. The Kier molecular flexibility index (Phi) is 5.95. The number of hydrogen-bond donors (Lipinski definition) is 2. The third kappa shape index (κ3) is 4.97. The highest BCUT2D eigenvalue weighted by Crippen LogP contribution is 2.25. The molecule has 2 aromatic heterocycles. The van der Waals surface area contributed by atoms with Crippen LogP contribution in [-0.2, 0) is 11.3 Å². The van der Waals surface area contributed by atoms with Crippen LogP contribution in [0.2, 0.25) is 5.02 Å². The number of benzene rings is 1. The molecule has 6 nitrogen and oxygen atoms in total. The summed E-state index contributed by atoms with van der Waals surface area (Å²) in [6.45, 7) is 0.612. The van der Waals surface area contributed by atoms with Crippen molar-refractivity contribution in [1.29, 1.82) is 0 Å². The Morgan fingerprint density at radius 3 is 2.63 bits per heavy atom. The molecule has 8 heteroatoms. The van der Waals surface area contributed by atoms with Gasteiger partial charge in [0.05, 0.1) is 18.7 Å². The smallest absolute Gasteiger partial charge is 0.251 e. The average molecular weight is 404 g/mol. The summed E-state index contributed by atoms with van der Waals surface area (Å²) in [5.74, 6) is 0.686. The van der Waals surface area contributed by atoms with E-state index in [1.165, 1.54) is 11.3 Å². The molecule has 0 saturated carbocycles. The molecule has 0 aliphatic heterocycles. The van der Waals surface area contributed by atoms with Gasteiger partial charge in [-0.3, -0.25) is 14.5 Å². The van der Waals surface area contributed by atoms with Crippen LogP contribution >= 0.6 is 22.9 Å². The quantitative estimate of drug-likeness (QED) is 0.627. The molecule has 140 valence electrons. The lowest BCUT2D eigenvalue weighted by Crippen LogP contribution is -2.30. The van der Waals surface area contributed by atoms with Gasteiger partial charge in [0.2, 0.25) is 5.91 Å². The van der Waals surface area contributed by atoms with Gasteiger partial charge in [-0.15, -0.1) is 11.3 Å². The summed E-state index contributed by atoms with van der Waals surface area (Å²) in [6.07, 6.45) is 0. The fourth-order valence-electron chi connectivity index (χ4n) is 2.57. The van der Waals surface area contributed by atoms with E-state index in [4.69, 9.17) is 21.8 Å². The van der Waals surface area contributed by atoms with Gasteiger partial charge in [0, 0.05) is 10.6 Å². The molecule has 1 aromatic carbocycles. The first-order valence-corrected chi connectivity index (χ1v) is 9.38. The third-order valence-corrected chi connectivity index (χ3v) is 4.90. The van der Waals surface area contributed by atoms with E-state index < -0.39 is 5.91 Å². The van der Waals surface area contributed by atoms with Crippen LogP contribution in [0.15, 0.2) is 52.3 Å². The summed E-state index contributed by atoms with van der Waals surface area (Å²) in [4.78, 5) is 25.3. The van der Waals surface area contributed by atoms with Crippen molar-refractivity contribution in [2.24, 2.45) is 5.73 Å². The maximum absolute atomic E-state index is 12.2. The number of nitrogens with two attached hydrogens (primary N) is 1. The number of likely N-dealkylation sites (N-methyl/N-ethyl adjacent to an activating group) is 1. The molecule has 27 heavy (non-hydrogen) atoms. The monoisotopic (exact) mass is 403 g/mol. The number of rotatable bonds is 7. The number of anilines is 1. The Hall–Kier alpha value is -2.61. The van der Waals surface area contributed by atoms with Crippen molar-refractivity contribution < 1.29 is 14.0 Å². The van der Waals surface area contributed by atoms with Gasteiger partial charge in [0.1, 0.15) is 16.5 Å². The minimum atomic E-state index is -0.565. The fourth-order valence-corrected chi connectivity index (χ4v) is 3.50. The van der Waals surface area contributed by atoms with Crippen molar-refractivity contribution >= 4 is 39.8 Å². The number of nitrogens with zero attached hydrogens (tertiary/aromatic N) is 1. The topological polar surface area (TPSA) is 88.6 Å². The van der Waals surface area contributed by atoms with Crippen molar-refractivity contribution in [2.75, 3.05) is 18.9 Å². The number of carbonyl (C=O) groups excluding carboxylic acids is 2. The van der Waals surface area contributed by atoms with Gasteiger partial charge < -0.3 is 15.5 Å². The van der Waals surface area contributed by atoms with E-state index in [1.807, 2.05) is 36.2 Å². The Balaban J connectivity index is 1.57. The largest absolute Gasteiger partial charge is 0.460 e. The minimum absolute atomic E-state index is 0.146. The van der Waals surface area contributed by atoms with Crippen molar-refractivity contribution in [3.8, 4) is 11.3 Å². The Bertz CT molecular complexity index is 949. The lowest BCUT2D eigenvalue weighted by Gasteiger charge is -2.14. The second-order valence-electron chi connectivity index (χ2n) is 6.02. The Labute approximate surface area is 165 Å². The maximum Gasteiger partial charge on any atom is 0.251 e. The van der Waals surface area contributed by atoms with E-state index in [-0.39, 0.29) is 12.5 Å². The summed E-state index contributed by atoms with van der Waals surface area (Å²) < 4.78 is 5.84. The van der Waals surface area contributed by atoms with Crippen LogP contribution in [0, 0.1) is 0 Å². The number of halogens is 1. The van der Waals surface area contributed by atoms with E-state index >= 15 is 0 Å². The highest BCUT2D eigenvalue weighted by molar-refractivity contribution is 7.14. The molecule has 3 N–H and O–H groups in total. The molecule has 0 unspecified atom stereocenters. The van der Waals surface area contributed by atoms with Crippen LogP contribution in [-0.4, -0.2) is 30.3 Å². The molecule has 0 aliphatic carbocycles. The first-order chi connectivity index (χ1) is 12.9. The number of nitrogens with one attached hydrogen (secondary N) is 1. The molecular weight excluding hydrogens is 386 g/mol.